The van der Waals surface area contributed by atoms with Crippen molar-refractivity contribution in [3.63, 3.8) is 0 Å². The number of carbonyl (C=O) groups excluding carboxylic acids is 2. The second-order valence-electron chi connectivity index (χ2n) is 8.87. The summed E-state index contributed by atoms with van der Waals surface area (Å²) in [5.74, 6) is -1.95. The Morgan fingerprint density at radius 1 is 1.09 bits per heavy atom. The van der Waals surface area contributed by atoms with Crippen molar-refractivity contribution in [2.45, 2.75) is 50.8 Å². The number of carboxylic acid groups (broad SMARTS) is 1. The first kappa shape index (κ1) is 23.8. The Bertz CT molecular complexity index is 1030. The lowest BCUT2D eigenvalue weighted by Gasteiger charge is -2.24. The van der Waals surface area contributed by atoms with Crippen LogP contribution in [0, 0.1) is 5.92 Å². The van der Waals surface area contributed by atoms with Crippen molar-refractivity contribution >= 4 is 18.0 Å². The van der Waals surface area contributed by atoms with Gasteiger partial charge in [0.2, 0.25) is 0 Å². The van der Waals surface area contributed by atoms with Crippen LogP contribution in [0.5, 0.6) is 0 Å². The number of fused-ring (bicyclic) bond motifs is 3. The fourth-order valence-electron chi connectivity index (χ4n) is 4.71. The van der Waals surface area contributed by atoms with E-state index >= 15 is 0 Å². The molecular formula is C26H30N2O6. The number of benzene rings is 2. The summed E-state index contributed by atoms with van der Waals surface area (Å²) in [6.45, 7) is 4.08. The number of carbonyl (C=O) groups is 3. The Balaban J connectivity index is 1.37. The Morgan fingerprint density at radius 2 is 1.71 bits per heavy atom. The zero-order valence-electron chi connectivity index (χ0n) is 19.3. The Morgan fingerprint density at radius 3 is 2.29 bits per heavy atom. The Kier molecular flexibility index (Phi) is 7.17. The van der Waals surface area contributed by atoms with Crippen molar-refractivity contribution < 1.29 is 29.0 Å². The third-order valence-corrected chi connectivity index (χ3v) is 6.77. The predicted molar refractivity (Wildman–Crippen MR) is 125 cm³/mol. The number of aliphatic carboxylic acids is 1. The van der Waals surface area contributed by atoms with Crippen molar-refractivity contribution in [3.8, 4) is 11.1 Å². The minimum absolute atomic E-state index is 0.0658. The van der Waals surface area contributed by atoms with Gasteiger partial charge < -0.3 is 25.2 Å². The van der Waals surface area contributed by atoms with Gasteiger partial charge in [-0.1, -0.05) is 68.8 Å². The summed E-state index contributed by atoms with van der Waals surface area (Å²) in [7, 11) is 0. The highest BCUT2D eigenvalue weighted by Crippen LogP contribution is 2.44. The molecule has 2 aromatic rings. The highest BCUT2D eigenvalue weighted by Gasteiger charge is 2.38. The molecule has 0 spiro atoms. The summed E-state index contributed by atoms with van der Waals surface area (Å²) in [5.41, 5.74) is 4.51. The minimum atomic E-state index is -1.10. The van der Waals surface area contributed by atoms with Gasteiger partial charge in [0.15, 0.2) is 6.10 Å². The first-order valence-corrected chi connectivity index (χ1v) is 11.7. The van der Waals surface area contributed by atoms with E-state index < -0.39 is 36.2 Å². The van der Waals surface area contributed by atoms with Crippen LogP contribution < -0.4 is 10.6 Å². The van der Waals surface area contributed by atoms with Gasteiger partial charge in [0, 0.05) is 12.5 Å². The Labute approximate surface area is 198 Å². The maximum absolute atomic E-state index is 12.7. The lowest BCUT2D eigenvalue weighted by Crippen LogP contribution is -2.53. The summed E-state index contributed by atoms with van der Waals surface area (Å²) in [6.07, 6.45) is -0.564. The smallest absolute Gasteiger partial charge is 0.407 e. The summed E-state index contributed by atoms with van der Waals surface area (Å²) < 4.78 is 11.1. The monoisotopic (exact) mass is 466 g/mol. The van der Waals surface area contributed by atoms with Crippen LogP contribution in [0.1, 0.15) is 43.7 Å². The predicted octanol–water partition coefficient (Wildman–Crippen LogP) is 3.30. The van der Waals surface area contributed by atoms with Crippen LogP contribution in [0.3, 0.4) is 0 Å². The van der Waals surface area contributed by atoms with Crippen LogP contribution in [0.2, 0.25) is 0 Å². The van der Waals surface area contributed by atoms with Crippen molar-refractivity contribution in [1.82, 2.24) is 10.6 Å². The number of amides is 2. The van der Waals surface area contributed by atoms with E-state index in [0.717, 1.165) is 22.3 Å². The van der Waals surface area contributed by atoms with Gasteiger partial charge in [-0.15, -0.1) is 0 Å². The molecule has 3 N–H and O–H groups in total. The molecule has 0 bridgehead atoms. The molecule has 0 saturated carbocycles. The van der Waals surface area contributed by atoms with Gasteiger partial charge >= 0.3 is 12.1 Å². The maximum atomic E-state index is 12.7. The van der Waals surface area contributed by atoms with Crippen LogP contribution in [0.4, 0.5) is 4.79 Å². The zero-order chi connectivity index (χ0) is 24.2. The van der Waals surface area contributed by atoms with Gasteiger partial charge in [0.25, 0.3) is 5.91 Å². The maximum Gasteiger partial charge on any atom is 0.407 e. The van der Waals surface area contributed by atoms with Gasteiger partial charge in [-0.25, -0.2) is 9.59 Å². The second kappa shape index (κ2) is 10.3. The molecule has 1 heterocycles. The number of carboxylic acids is 1. The van der Waals surface area contributed by atoms with E-state index in [1.807, 2.05) is 43.3 Å². The number of ether oxygens (including phenoxy) is 2. The summed E-state index contributed by atoms with van der Waals surface area (Å²) in [6, 6.07) is 14.5. The van der Waals surface area contributed by atoms with Crippen molar-refractivity contribution in [1.29, 1.82) is 0 Å². The highest BCUT2D eigenvalue weighted by molar-refractivity contribution is 5.87. The highest BCUT2D eigenvalue weighted by atomic mass is 16.6. The standard InChI is InChI=1S/C26H30N2O6/c1-3-15(2)22(25(30)31)28-24(29)23-21(12-13-33-23)27-26(32)34-14-20-18-10-6-4-8-16(18)17-9-5-7-11-19(17)20/h4-11,15,20-23H,3,12-14H2,1-2H3,(H,27,32)(H,28,29)(H,30,31)/t15-,21?,22-,23?/m0/s1. The number of alkyl carbamates (subject to hydrolysis) is 1. The number of hydrogen-bond acceptors (Lipinski definition) is 5. The molecule has 8 nitrogen and oxygen atoms in total. The van der Waals surface area contributed by atoms with E-state index in [4.69, 9.17) is 9.47 Å². The van der Waals surface area contributed by atoms with Crippen LogP contribution >= 0.6 is 0 Å². The lowest BCUT2D eigenvalue weighted by atomic mass is 9.98. The molecule has 4 atom stereocenters. The van der Waals surface area contributed by atoms with Crippen molar-refractivity contribution in [3.05, 3.63) is 59.7 Å². The number of rotatable bonds is 8. The van der Waals surface area contributed by atoms with Crippen LogP contribution in [-0.4, -0.2) is 54.5 Å². The molecule has 2 aromatic carbocycles. The number of nitrogens with one attached hydrogen (secondary N) is 2. The van der Waals surface area contributed by atoms with Gasteiger partial charge in [-0.3, -0.25) is 4.79 Å². The Hall–Kier alpha value is -3.39. The molecule has 0 radical (unpaired) electrons. The van der Waals surface area contributed by atoms with E-state index in [-0.39, 0.29) is 25.0 Å². The molecule has 1 aliphatic carbocycles. The molecule has 8 heteroatoms. The molecule has 4 rings (SSSR count). The fourth-order valence-corrected chi connectivity index (χ4v) is 4.71. The minimum Gasteiger partial charge on any atom is -0.480 e. The SMILES string of the molecule is CC[C@H](C)[C@H](NC(=O)C1OCCC1NC(=O)OCC1c2ccccc2-c2ccccc21)C(=O)O. The third kappa shape index (κ3) is 4.77. The molecule has 1 saturated heterocycles. The summed E-state index contributed by atoms with van der Waals surface area (Å²) in [5, 5.41) is 14.7. The molecule has 34 heavy (non-hydrogen) atoms. The summed E-state index contributed by atoms with van der Waals surface area (Å²) in [4.78, 5) is 36.9. The van der Waals surface area contributed by atoms with Crippen LogP contribution in [-0.2, 0) is 19.1 Å². The third-order valence-electron chi connectivity index (χ3n) is 6.77. The topological polar surface area (TPSA) is 114 Å². The van der Waals surface area contributed by atoms with Crippen molar-refractivity contribution in [2.75, 3.05) is 13.2 Å². The zero-order valence-corrected chi connectivity index (χ0v) is 19.3. The van der Waals surface area contributed by atoms with E-state index in [0.29, 0.717) is 12.8 Å². The van der Waals surface area contributed by atoms with E-state index in [1.54, 1.807) is 6.92 Å². The van der Waals surface area contributed by atoms with E-state index in [9.17, 15) is 19.5 Å². The van der Waals surface area contributed by atoms with Gasteiger partial charge in [0.1, 0.15) is 12.6 Å². The largest absolute Gasteiger partial charge is 0.480 e. The molecule has 1 fully saturated rings. The van der Waals surface area contributed by atoms with Gasteiger partial charge in [0.05, 0.1) is 6.04 Å². The van der Waals surface area contributed by atoms with Gasteiger partial charge in [-0.05, 0) is 34.6 Å². The molecular weight excluding hydrogens is 436 g/mol. The first-order valence-electron chi connectivity index (χ1n) is 11.7. The number of hydrogen-bond donors (Lipinski definition) is 3. The summed E-state index contributed by atoms with van der Waals surface area (Å²) >= 11 is 0. The van der Waals surface area contributed by atoms with Crippen LogP contribution in [0.25, 0.3) is 11.1 Å². The van der Waals surface area contributed by atoms with Crippen LogP contribution in [0.15, 0.2) is 48.5 Å². The second-order valence-corrected chi connectivity index (χ2v) is 8.87. The first-order chi connectivity index (χ1) is 16.4. The molecule has 180 valence electrons. The quantitative estimate of drug-likeness (QED) is 0.550. The molecule has 1 aliphatic heterocycles. The molecule has 2 aliphatic rings. The van der Waals surface area contributed by atoms with E-state index in [1.165, 1.54) is 0 Å². The fraction of sp³-hybridized carbons (Fsp3) is 0.423. The molecule has 2 amide bonds. The van der Waals surface area contributed by atoms with E-state index in [2.05, 4.69) is 22.8 Å². The average molecular weight is 467 g/mol. The normalized spacial score (nSPS) is 20.6. The van der Waals surface area contributed by atoms with Gasteiger partial charge in [-0.2, -0.15) is 0 Å². The van der Waals surface area contributed by atoms with Crippen molar-refractivity contribution in [2.24, 2.45) is 5.92 Å². The lowest BCUT2D eigenvalue weighted by molar-refractivity contribution is -0.145. The average Bonchev–Trinajstić information content (AvgIpc) is 3.43. The molecule has 2 unspecified atom stereocenters. The molecule has 0 aromatic heterocycles.